The number of amides is 2. The number of halogens is 1. The van der Waals surface area contributed by atoms with E-state index in [1.54, 1.807) is 0 Å². The van der Waals surface area contributed by atoms with Crippen molar-refractivity contribution >= 4 is 17.7 Å². The fourth-order valence-electron chi connectivity index (χ4n) is 1.74. The van der Waals surface area contributed by atoms with Gasteiger partial charge in [0.15, 0.2) is 11.6 Å². The number of carbonyl (C=O) groups is 2. The summed E-state index contributed by atoms with van der Waals surface area (Å²) in [6.07, 6.45) is 1.86. The number of carbonyl (C=O) groups excluding carboxylic acids is 1. The number of unbranched alkanes of at least 4 members (excludes halogenated alkanes) is 1. The van der Waals surface area contributed by atoms with Crippen LogP contribution in [0.15, 0.2) is 18.2 Å². The number of rotatable bonds is 7. The zero-order valence-electron chi connectivity index (χ0n) is 12.0. The SMILES string of the molecule is CCCC[C@H](NC(=O)Nc1ccc(OC)c(F)c1)C(=O)O. The zero-order valence-corrected chi connectivity index (χ0v) is 12.0. The number of nitrogens with one attached hydrogen (secondary N) is 2. The molecular weight excluding hydrogens is 279 g/mol. The van der Waals surface area contributed by atoms with Crippen molar-refractivity contribution in [1.82, 2.24) is 5.32 Å². The number of carboxylic acid groups (broad SMARTS) is 1. The van der Waals surface area contributed by atoms with E-state index in [1.807, 2.05) is 6.92 Å². The van der Waals surface area contributed by atoms with Crippen LogP contribution in [0.25, 0.3) is 0 Å². The maximum absolute atomic E-state index is 13.5. The first kappa shape index (κ1) is 16.7. The number of anilines is 1. The van der Waals surface area contributed by atoms with Crippen LogP contribution in [-0.2, 0) is 4.79 Å². The van der Waals surface area contributed by atoms with Crippen molar-refractivity contribution in [2.45, 2.75) is 32.2 Å². The summed E-state index contributed by atoms with van der Waals surface area (Å²) in [5, 5.41) is 13.7. The first-order valence-electron chi connectivity index (χ1n) is 6.61. The molecule has 1 aromatic rings. The van der Waals surface area contributed by atoms with Gasteiger partial charge in [0.05, 0.1) is 7.11 Å². The molecule has 6 nitrogen and oxygen atoms in total. The minimum absolute atomic E-state index is 0.0623. The minimum atomic E-state index is -1.10. The van der Waals surface area contributed by atoms with E-state index in [0.29, 0.717) is 12.8 Å². The van der Waals surface area contributed by atoms with E-state index in [1.165, 1.54) is 19.2 Å². The first-order valence-corrected chi connectivity index (χ1v) is 6.61. The van der Waals surface area contributed by atoms with Crippen LogP contribution in [0.3, 0.4) is 0 Å². The molecule has 0 radical (unpaired) electrons. The number of benzene rings is 1. The van der Waals surface area contributed by atoms with E-state index in [9.17, 15) is 14.0 Å². The molecule has 0 saturated heterocycles. The van der Waals surface area contributed by atoms with E-state index in [0.717, 1.165) is 12.5 Å². The quantitative estimate of drug-likeness (QED) is 0.722. The average molecular weight is 298 g/mol. The highest BCUT2D eigenvalue weighted by molar-refractivity contribution is 5.92. The highest BCUT2D eigenvalue weighted by Crippen LogP contribution is 2.20. The van der Waals surface area contributed by atoms with Crippen molar-refractivity contribution in [2.75, 3.05) is 12.4 Å². The summed E-state index contributed by atoms with van der Waals surface area (Å²) in [5.41, 5.74) is 0.213. The summed E-state index contributed by atoms with van der Waals surface area (Å²) in [7, 11) is 1.34. The van der Waals surface area contributed by atoms with Crippen molar-refractivity contribution in [3.05, 3.63) is 24.0 Å². The van der Waals surface area contributed by atoms with Crippen LogP contribution >= 0.6 is 0 Å². The fourth-order valence-corrected chi connectivity index (χ4v) is 1.74. The molecule has 0 aromatic heterocycles. The standard InChI is InChI=1S/C14H19FN2O4/c1-3-4-5-11(13(18)19)17-14(20)16-9-6-7-12(21-2)10(15)8-9/h6-8,11H,3-5H2,1-2H3,(H,18,19)(H2,16,17,20)/t11-/m0/s1. The van der Waals surface area contributed by atoms with Gasteiger partial charge in [-0.25, -0.2) is 14.0 Å². The highest BCUT2D eigenvalue weighted by atomic mass is 19.1. The Kier molecular flexibility index (Phi) is 6.45. The molecule has 2 amide bonds. The van der Waals surface area contributed by atoms with Gasteiger partial charge >= 0.3 is 12.0 Å². The minimum Gasteiger partial charge on any atom is -0.494 e. The molecule has 0 aliphatic rings. The maximum Gasteiger partial charge on any atom is 0.326 e. The molecule has 3 N–H and O–H groups in total. The van der Waals surface area contributed by atoms with Crippen molar-refractivity contribution in [3.8, 4) is 5.75 Å². The lowest BCUT2D eigenvalue weighted by atomic mass is 10.1. The molecule has 1 aromatic carbocycles. The summed E-state index contributed by atoms with van der Waals surface area (Å²) in [6.45, 7) is 1.93. The molecule has 0 fully saturated rings. The zero-order chi connectivity index (χ0) is 15.8. The highest BCUT2D eigenvalue weighted by Gasteiger charge is 2.19. The first-order chi connectivity index (χ1) is 9.97. The Morgan fingerprint density at radius 1 is 1.43 bits per heavy atom. The molecule has 116 valence electrons. The summed E-state index contributed by atoms with van der Waals surface area (Å²) < 4.78 is 18.2. The van der Waals surface area contributed by atoms with Crippen molar-refractivity contribution < 1.29 is 23.8 Å². The molecule has 1 rings (SSSR count). The smallest absolute Gasteiger partial charge is 0.326 e. The predicted octanol–water partition coefficient (Wildman–Crippen LogP) is 2.60. The fraction of sp³-hybridized carbons (Fsp3) is 0.429. The summed E-state index contributed by atoms with van der Waals surface area (Å²) >= 11 is 0. The van der Waals surface area contributed by atoms with Gasteiger partial charge in [-0.1, -0.05) is 19.8 Å². The molecule has 0 unspecified atom stereocenters. The Morgan fingerprint density at radius 3 is 2.67 bits per heavy atom. The Balaban J connectivity index is 2.63. The van der Waals surface area contributed by atoms with E-state index >= 15 is 0 Å². The lowest BCUT2D eigenvalue weighted by Gasteiger charge is -2.15. The predicted molar refractivity (Wildman–Crippen MR) is 76.1 cm³/mol. The van der Waals surface area contributed by atoms with Crippen molar-refractivity contribution in [3.63, 3.8) is 0 Å². The molecular formula is C14H19FN2O4. The number of ether oxygens (including phenoxy) is 1. The average Bonchev–Trinajstić information content (AvgIpc) is 2.43. The normalized spacial score (nSPS) is 11.6. The number of hydrogen-bond donors (Lipinski definition) is 3. The van der Waals surface area contributed by atoms with Gasteiger partial charge in [-0.15, -0.1) is 0 Å². The second kappa shape index (κ2) is 8.08. The Hall–Kier alpha value is -2.31. The van der Waals surface area contributed by atoms with E-state index < -0.39 is 23.9 Å². The molecule has 0 aliphatic heterocycles. The van der Waals surface area contributed by atoms with Gasteiger partial charge in [-0.3, -0.25) is 0 Å². The molecule has 7 heteroatoms. The van der Waals surface area contributed by atoms with Gasteiger partial charge < -0.3 is 20.5 Å². The third kappa shape index (κ3) is 5.29. The second-order valence-electron chi connectivity index (χ2n) is 4.48. The molecule has 0 aliphatic carbocycles. The van der Waals surface area contributed by atoms with E-state index in [4.69, 9.17) is 9.84 Å². The van der Waals surface area contributed by atoms with Crippen LogP contribution in [0.2, 0.25) is 0 Å². The third-order valence-corrected chi connectivity index (χ3v) is 2.86. The van der Waals surface area contributed by atoms with E-state index in [-0.39, 0.29) is 11.4 Å². The number of carboxylic acids is 1. The Bertz CT molecular complexity index is 508. The van der Waals surface area contributed by atoms with Gasteiger partial charge in [0.1, 0.15) is 6.04 Å². The second-order valence-corrected chi connectivity index (χ2v) is 4.48. The number of urea groups is 1. The van der Waals surface area contributed by atoms with Gasteiger partial charge in [-0.05, 0) is 18.6 Å². The summed E-state index contributed by atoms with van der Waals surface area (Å²) in [6, 6.07) is 2.27. The molecule has 0 spiro atoms. The van der Waals surface area contributed by atoms with Crippen LogP contribution in [0.5, 0.6) is 5.75 Å². The largest absolute Gasteiger partial charge is 0.494 e. The topological polar surface area (TPSA) is 87.7 Å². The number of hydrogen-bond acceptors (Lipinski definition) is 3. The van der Waals surface area contributed by atoms with Gasteiger partial charge in [0, 0.05) is 11.8 Å². The Labute approximate surface area is 122 Å². The van der Waals surface area contributed by atoms with Crippen molar-refractivity contribution in [1.29, 1.82) is 0 Å². The summed E-state index contributed by atoms with van der Waals surface area (Å²) in [5.74, 6) is -1.65. The van der Waals surface area contributed by atoms with Crippen LogP contribution in [0.4, 0.5) is 14.9 Å². The van der Waals surface area contributed by atoms with Gasteiger partial charge in [-0.2, -0.15) is 0 Å². The number of methoxy groups -OCH3 is 1. The lowest BCUT2D eigenvalue weighted by Crippen LogP contribution is -2.42. The third-order valence-electron chi connectivity index (χ3n) is 2.86. The molecule has 0 saturated carbocycles. The molecule has 1 atom stereocenters. The van der Waals surface area contributed by atoms with E-state index in [2.05, 4.69) is 10.6 Å². The maximum atomic E-state index is 13.5. The van der Waals surface area contributed by atoms with Crippen LogP contribution < -0.4 is 15.4 Å². The van der Waals surface area contributed by atoms with Crippen LogP contribution in [0, 0.1) is 5.82 Å². The van der Waals surface area contributed by atoms with Gasteiger partial charge in [0.25, 0.3) is 0 Å². The van der Waals surface area contributed by atoms with Crippen LogP contribution in [-0.4, -0.2) is 30.3 Å². The lowest BCUT2D eigenvalue weighted by molar-refractivity contribution is -0.139. The number of aliphatic carboxylic acids is 1. The molecule has 0 heterocycles. The van der Waals surface area contributed by atoms with Gasteiger partial charge in [0.2, 0.25) is 0 Å². The molecule has 21 heavy (non-hydrogen) atoms. The van der Waals surface area contributed by atoms with Crippen molar-refractivity contribution in [2.24, 2.45) is 0 Å². The Morgan fingerprint density at radius 2 is 2.14 bits per heavy atom. The summed E-state index contributed by atoms with van der Waals surface area (Å²) in [4.78, 5) is 22.7. The molecule has 0 bridgehead atoms. The van der Waals surface area contributed by atoms with Crippen LogP contribution in [0.1, 0.15) is 26.2 Å². The monoisotopic (exact) mass is 298 g/mol.